The Bertz CT molecular complexity index is 394. The summed E-state index contributed by atoms with van der Waals surface area (Å²) in [5, 5.41) is 0. The van der Waals surface area contributed by atoms with Crippen LogP contribution in [-0.4, -0.2) is 78.0 Å². The Morgan fingerprint density at radius 2 is 0.741 bits per heavy atom. The molecule has 0 amide bonds. The molecule has 0 aliphatic carbocycles. The summed E-state index contributed by atoms with van der Waals surface area (Å²) in [6, 6.07) is -1.55. The molecule has 27 heavy (non-hydrogen) atoms. The molecule has 0 heterocycles. The average Bonchev–Trinajstić information content (AvgIpc) is 2.64. The van der Waals surface area contributed by atoms with E-state index in [1.807, 2.05) is 0 Å². The van der Waals surface area contributed by atoms with Crippen LogP contribution in [0.1, 0.15) is 12.8 Å². The minimum absolute atomic E-state index is 0.776. The maximum atomic E-state index is 14.0. The largest absolute Gasteiger partial charge is 0.500 e. The highest BCUT2D eigenvalue weighted by atomic mass is 28.4. The highest BCUT2D eigenvalue weighted by molar-refractivity contribution is 6.60. The van der Waals surface area contributed by atoms with Crippen LogP contribution in [-0.2, 0) is 26.6 Å². The maximum Gasteiger partial charge on any atom is 0.500 e. The summed E-state index contributed by atoms with van der Waals surface area (Å²) < 4.78 is 113. The first kappa shape index (κ1) is 26.8. The molecule has 0 rings (SSSR count). The molecule has 0 bridgehead atoms. The average molecular weight is 449 g/mol. The minimum atomic E-state index is -5.63. The molecule has 6 nitrogen and oxygen atoms in total. The molecule has 0 N–H and O–H groups in total. The zero-order chi connectivity index (χ0) is 21.6. The first-order valence-electron chi connectivity index (χ1n) is 7.72. The van der Waals surface area contributed by atoms with Crippen molar-refractivity contribution in [2.45, 2.75) is 42.7 Å². The van der Waals surface area contributed by atoms with Crippen LogP contribution >= 0.6 is 0 Å². The van der Waals surface area contributed by atoms with E-state index in [4.69, 9.17) is 26.6 Å². The molecule has 0 radical (unpaired) electrons. The fourth-order valence-corrected chi connectivity index (χ4v) is 5.78. The summed E-state index contributed by atoms with van der Waals surface area (Å²) in [5.74, 6) is -15.7. The molecule has 0 saturated heterocycles. The van der Waals surface area contributed by atoms with Crippen molar-refractivity contribution in [2.24, 2.45) is 0 Å². The Hall–Kier alpha value is -0.226. The Morgan fingerprint density at radius 1 is 0.519 bits per heavy atom. The van der Waals surface area contributed by atoms with Crippen LogP contribution in [0, 0.1) is 0 Å². The zero-order valence-corrected chi connectivity index (χ0v) is 18.0. The van der Waals surface area contributed by atoms with Gasteiger partial charge in [0.2, 0.25) is 0 Å². The van der Waals surface area contributed by atoms with Gasteiger partial charge in [-0.15, -0.1) is 0 Å². The SMILES string of the molecule is CO[Si](CCC(F)(F)C(F)(F)C(F)(F)CC[Si](OC)(OC)OC)(OC)OC. The van der Waals surface area contributed by atoms with E-state index in [-0.39, 0.29) is 0 Å². The van der Waals surface area contributed by atoms with Crippen LogP contribution in [0.25, 0.3) is 0 Å². The van der Waals surface area contributed by atoms with Crippen LogP contribution in [0.4, 0.5) is 26.3 Å². The lowest BCUT2D eigenvalue weighted by atomic mass is 10.0. The lowest BCUT2D eigenvalue weighted by molar-refractivity contribution is -0.310. The van der Waals surface area contributed by atoms with Gasteiger partial charge in [0.25, 0.3) is 0 Å². The fourth-order valence-electron chi connectivity index (χ4n) is 2.31. The third kappa shape index (κ3) is 5.88. The molecule has 0 fully saturated rings. The van der Waals surface area contributed by atoms with Crippen molar-refractivity contribution in [3.05, 3.63) is 0 Å². The van der Waals surface area contributed by atoms with Crippen molar-refractivity contribution in [3.8, 4) is 0 Å². The molecular weight excluding hydrogens is 422 g/mol. The molecule has 0 unspecified atom stereocenters. The summed E-state index contributed by atoms with van der Waals surface area (Å²) in [5.41, 5.74) is 0. The van der Waals surface area contributed by atoms with Gasteiger partial charge in [-0.25, -0.2) is 0 Å². The summed E-state index contributed by atoms with van der Waals surface area (Å²) in [6.07, 6.45) is -3.22. The second-order valence-electron chi connectivity index (χ2n) is 5.57. The van der Waals surface area contributed by atoms with Crippen molar-refractivity contribution in [3.63, 3.8) is 0 Å². The zero-order valence-electron chi connectivity index (χ0n) is 16.0. The van der Waals surface area contributed by atoms with Gasteiger partial charge in [-0.3, -0.25) is 0 Å². The van der Waals surface area contributed by atoms with Crippen molar-refractivity contribution in [1.82, 2.24) is 0 Å². The predicted octanol–water partition coefficient (Wildman–Crippen LogP) is 3.43. The smallest absolute Gasteiger partial charge is 0.377 e. The van der Waals surface area contributed by atoms with Gasteiger partial charge in [-0.1, -0.05) is 0 Å². The normalized spacial score (nSPS) is 14.7. The summed E-state index contributed by atoms with van der Waals surface area (Å²) in [4.78, 5) is 0. The number of halogens is 6. The molecule has 164 valence electrons. The highest BCUT2D eigenvalue weighted by Crippen LogP contribution is 2.50. The van der Waals surface area contributed by atoms with E-state index >= 15 is 0 Å². The summed E-state index contributed by atoms with van der Waals surface area (Å²) in [7, 11) is -0.733. The van der Waals surface area contributed by atoms with E-state index in [1.165, 1.54) is 0 Å². The molecule has 0 aromatic carbocycles. The molecular formula is C13H26F6O6Si2. The summed E-state index contributed by atoms with van der Waals surface area (Å²) >= 11 is 0. The van der Waals surface area contributed by atoms with Gasteiger partial charge in [0, 0.05) is 67.6 Å². The van der Waals surface area contributed by atoms with Gasteiger partial charge < -0.3 is 26.6 Å². The molecule has 0 aliphatic rings. The third-order valence-electron chi connectivity index (χ3n) is 4.28. The van der Waals surface area contributed by atoms with Gasteiger partial charge in [0.1, 0.15) is 0 Å². The molecule has 0 aromatic heterocycles. The Labute approximate surface area is 156 Å². The molecule has 0 aliphatic heterocycles. The monoisotopic (exact) mass is 448 g/mol. The lowest BCUT2D eigenvalue weighted by Gasteiger charge is -2.35. The number of alkyl halides is 6. The van der Waals surface area contributed by atoms with Crippen molar-refractivity contribution in [2.75, 3.05) is 42.7 Å². The van der Waals surface area contributed by atoms with Crippen molar-refractivity contribution >= 4 is 17.6 Å². The molecule has 0 spiro atoms. The van der Waals surface area contributed by atoms with E-state index < -0.39 is 60.3 Å². The topological polar surface area (TPSA) is 55.4 Å². The maximum absolute atomic E-state index is 14.0. The number of hydrogen-bond donors (Lipinski definition) is 0. The van der Waals surface area contributed by atoms with Gasteiger partial charge in [0.05, 0.1) is 0 Å². The van der Waals surface area contributed by atoms with E-state index in [0.717, 1.165) is 42.7 Å². The standard InChI is InChI=1S/C13H26F6O6Si2/c1-20-26(21-2,22-3)9-7-11(14,15)13(18,19)12(16,17)8-10-27(23-4,24-5)25-6/h7-10H2,1-6H3. The lowest BCUT2D eigenvalue weighted by Crippen LogP contribution is -2.56. The Kier molecular flexibility index (Phi) is 9.92. The van der Waals surface area contributed by atoms with Crippen molar-refractivity contribution in [1.29, 1.82) is 0 Å². The first-order valence-corrected chi connectivity index (χ1v) is 11.6. The van der Waals surface area contributed by atoms with Crippen LogP contribution < -0.4 is 0 Å². The fraction of sp³-hybridized carbons (Fsp3) is 1.00. The third-order valence-corrected chi connectivity index (χ3v) is 9.73. The van der Waals surface area contributed by atoms with E-state index in [1.54, 1.807) is 0 Å². The molecule has 0 atom stereocenters. The van der Waals surface area contributed by atoms with Gasteiger partial charge in [-0.2, -0.15) is 26.3 Å². The number of hydrogen-bond acceptors (Lipinski definition) is 6. The Morgan fingerprint density at radius 3 is 0.926 bits per heavy atom. The van der Waals surface area contributed by atoms with Gasteiger partial charge in [0.15, 0.2) is 0 Å². The second kappa shape index (κ2) is 10.00. The van der Waals surface area contributed by atoms with Crippen molar-refractivity contribution < 1.29 is 52.9 Å². The van der Waals surface area contributed by atoms with Crippen LogP contribution in [0.2, 0.25) is 12.1 Å². The Balaban J connectivity index is 5.36. The van der Waals surface area contributed by atoms with E-state index in [2.05, 4.69) is 0 Å². The van der Waals surface area contributed by atoms with E-state index in [9.17, 15) is 26.3 Å². The summed E-state index contributed by atoms with van der Waals surface area (Å²) in [6.45, 7) is 0. The van der Waals surface area contributed by atoms with Crippen LogP contribution in [0.15, 0.2) is 0 Å². The molecule has 14 heteroatoms. The predicted molar refractivity (Wildman–Crippen MR) is 87.3 cm³/mol. The number of rotatable bonds is 14. The quantitative estimate of drug-likeness (QED) is 0.300. The second-order valence-corrected chi connectivity index (χ2v) is 11.8. The highest BCUT2D eigenvalue weighted by Gasteiger charge is 2.71. The first-order chi connectivity index (χ1) is 12.3. The molecule has 0 saturated carbocycles. The van der Waals surface area contributed by atoms with Gasteiger partial charge in [-0.05, 0) is 0 Å². The van der Waals surface area contributed by atoms with E-state index in [0.29, 0.717) is 0 Å². The van der Waals surface area contributed by atoms with Crippen LogP contribution in [0.5, 0.6) is 0 Å². The van der Waals surface area contributed by atoms with Gasteiger partial charge >= 0.3 is 35.4 Å². The van der Waals surface area contributed by atoms with Crippen LogP contribution in [0.3, 0.4) is 0 Å². The minimum Gasteiger partial charge on any atom is -0.377 e. The molecule has 0 aromatic rings.